The molecule has 1 unspecified atom stereocenters. The number of hydrogen-bond donors (Lipinski definition) is 2. The number of rotatable bonds is 12. The lowest BCUT2D eigenvalue weighted by Crippen LogP contribution is -2.35. The number of carboxylic acids is 1. The van der Waals surface area contributed by atoms with Crippen molar-refractivity contribution in [2.24, 2.45) is 0 Å². The Morgan fingerprint density at radius 3 is 2.22 bits per heavy atom. The van der Waals surface area contributed by atoms with E-state index in [0.29, 0.717) is 46.7 Å². The molecule has 2 N–H and O–H groups in total. The number of aryl methyl sites for hydroxylation is 1. The normalized spacial score (nSPS) is 13.8. The second-order valence-electron chi connectivity index (χ2n) is 11.1. The molecule has 8 nitrogen and oxygen atoms in total. The lowest BCUT2D eigenvalue weighted by Gasteiger charge is -2.27. The van der Waals surface area contributed by atoms with Crippen LogP contribution in [0.2, 0.25) is 0 Å². The van der Waals surface area contributed by atoms with Gasteiger partial charge in [0.05, 0.1) is 26.7 Å². The predicted octanol–water partition coefficient (Wildman–Crippen LogP) is 6.34. The highest BCUT2D eigenvalue weighted by molar-refractivity contribution is 6.06. The van der Waals surface area contributed by atoms with Crippen molar-refractivity contribution < 1.29 is 29.0 Å². The summed E-state index contributed by atoms with van der Waals surface area (Å²) in [6.07, 6.45) is 3.14. The van der Waals surface area contributed by atoms with Gasteiger partial charge in [-0.15, -0.1) is 0 Å². The zero-order valence-electron chi connectivity index (χ0n) is 25.6. The average molecular weight is 607 g/mol. The number of hydrogen-bond acceptors (Lipinski definition) is 5. The molecule has 5 rings (SSSR count). The highest BCUT2D eigenvalue weighted by Gasteiger charge is 2.25. The van der Waals surface area contributed by atoms with Crippen LogP contribution in [0.15, 0.2) is 91.0 Å². The van der Waals surface area contributed by atoms with E-state index in [1.807, 2.05) is 54.6 Å². The van der Waals surface area contributed by atoms with Crippen LogP contribution in [0.4, 0.5) is 0 Å². The zero-order chi connectivity index (χ0) is 31.8. The van der Waals surface area contributed by atoms with Crippen molar-refractivity contribution >= 4 is 17.8 Å². The van der Waals surface area contributed by atoms with Crippen LogP contribution in [-0.2, 0) is 17.6 Å². The molecule has 2 amide bonds. The number of amides is 2. The van der Waals surface area contributed by atoms with Gasteiger partial charge in [-0.3, -0.25) is 14.4 Å². The molecule has 1 aliphatic rings. The van der Waals surface area contributed by atoms with Crippen LogP contribution in [-0.4, -0.2) is 55.1 Å². The van der Waals surface area contributed by atoms with E-state index in [-0.39, 0.29) is 30.8 Å². The fraction of sp³-hybridized carbons (Fsp3) is 0.270. The maximum absolute atomic E-state index is 14.1. The first-order chi connectivity index (χ1) is 21.9. The average Bonchev–Trinajstić information content (AvgIpc) is 3.08. The van der Waals surface area contributed by atoms with E-state index in [2.05, 4.69) is 17.4 Å². The molecular formula is C37H38N2O6. The van der Waals surface area contributed by atoms with Crippen LogP contribution >= 0.6 is 0 Å². The minimum absolute atomic E-state index is 0.0407. The molecule has 0 aromatic heterocycles. The molecule has 8 heteroatoms. The van der Waals surface area contributed by atoms with Crippen molar-refractivity contribution in [3.8, 4) is 22.6 Å². The molecule has 0 radical (unpaired) electrons. The maximum Gasteiger partial charge on any atom is 0.305 e. The van der Waals surface area contributed by atoms with Gasteiger partial charge in [0, 0.05) is 24.2 Å². The summed E-state index contributed by atoms with van der Waals surface area (Å²) in [6, 6.07) is 28.2. The first-order valence-corrected chi connectivity index (χ1v) is 15.2. The number of carbonyl (C=O) groups excluding carboxylic acids is 2. The summed E-state index contributed by atoms with van der Waals surface area (Å²) in [5, 5.41) is 12.7. The Hall–Kier alpha value is -5.11. The first kappa shape index (κ1) is 31.3. The van der Waals surface area contributed by atoms with E-state index in [1.54, 1.807) is 43.4 Å². The van der Waals surface area contributed by atoms with Crippen LogP contribution in [0.1, 0.15) is 62.7 Å². The number of nitrogens with one attached hydrogen (secondary N) is 1. The van der Waals surface area contributed by atoms with Crippen molar-refractivity contribution in [3.63, 3.8) is 0 Å². The molecule has 0 aliphatic heterocycles. The second kappa shape index (κ2) is 14.6. The second-order valence-corrected chi connectivity index (χ2v) is 11.1. The zero-order valence-corrected chi connectivity index (χ0v) is 25.6. The quantitative estimate of drug-likeness (QED) is 0.195. The fourth-order valence-corrected chi connectivity index (χ4v) is 5.98. The van der Waals surface area contributed by atoms with E-state index in [9.17, 15) is 19.5 Å². The van der Waals surface area contributed by atoms with E-state index in [1.165, 1.54) is 5.56 Å². The van der Waals surface area contributed by atoms with Crippen LogP contribution in [0.5, 0.6) is 11.5 Å². The molecule has 0 saturated heterocycles. The standard InChI is InChI=1S/C37H38N2O6/c1-44-33-19-18-25(24-34(33)45-2)20-22-39(23-21-35(40)41)37(43)31-16-8-6-14-29(31)28-13-5-7-15-30(28)36(42)38-32-17-9-11-26-10-3-4-12-27(26)32/h3-8,10,12-16,18-19,24,32H,9,11,17,20-23H2,1-2H3,(H,38,42)(H,40,41). The largest absolute Gasteiger partial charge is 0.493 e. The Bertz CT molecular complexity index is 1680. The molecule has 0 spiro atoms. The Balaban J connectivity index is 1.42. The molecule has 0 fully saturated rings. The van der Waals surface area contributed by atoms with Crippen LogP contribution in [0, 0.1) is 0 Å². The van der Waals surface area contributed by atoms with Crippen LogP contribution in [0.3, 0.4) is 0 Å². The summed E-state index contributed by atoms with van der Waals surface area (Å²) in [6.45, 7) is 0.332. The number of methoxy groups -OCH3 is 2. The third kappa shape index (κ3) is 7.34. The molecule has 232 valence electrons. The summed E-state index contributed by atoms with van der Waals surface area (Å²) in [7, 11) is 3.13. The van der Waals surface area contributed by atoms with Crippen molar-refractivity contribution in [1.29, 1.82) is 0 Å². The minimum Gasteiger partial charge on any atom is -0.493 e. The summed E-state index contributed by atoms with van der Waals surface area (Å²) in [4.78, 5) is 41.0. The van der Waals surface area contributed by atoms with Gasteiger partial charge in [0.15, 0.2) is 11.5 Å². The topological polar surface area (TPSA) is 105 Å². The third-order valence-corrected chi connectivity index (χ3v) is 8.30. The van der Waals surface area contributed by atoms with Crippen molar-refractivity contribution in [2.75, 3.05) is 27.3 Å². The van der Waals surface area contributed by atoms with Crippen molar-refractivity contribution in [2.45, 2.75) is 38.1 Å². The van der Waals surface area contributed by atoms with Gasteiger partial charge in [0.2, 0.25) is 0 Å². The van der Waals surface area contributed by atoms with Gasteiger partial charge in [-0.25, -0.2) is 0 Å². The van der Waals surface area contributed by atoms with Gasteiger partial charge in [0.1, 0.15) is 0 Å². The molecular weight excluding hydrogens is 568 g/mol. The van der Waals surface area contributed by atoms with Gasteiger partial charge in [-0.05, 0) is 77.8 Å². The first-order valence-electron chi connectivity index (χ1n) is 15.2. The van der Waals surface area contributed by atoms with Crippen LogP contribution in [0.25, 0.3) is 11.1 Å². The Morgan fingerprint density at radius 1 is 0.822 bits per heavy atom. The van der Waals surface area contributed by atoms with Crippen LogP contribution < -0.4 is 14.8 Å². The summed E-state index contributed by atoms with van der Waals surface area (Å²) < 4.78 is 10.8. The Labute approximate surface area is 263 Å². The number of carboxylic acid groups (broad SMARTS) is 1. The molecule has 4 aromatic rings. The van der Waals surface area contributed by atoms with E-state index < -0.39 is 5.97 Å². The van der Waals surface area contributed by atoms with Gasteiger partial charge in [-0.1, -0.05) is 66.7 Å². The van der Waals surface area contributed by atoms with E-state index in [0.717, 1.165) is 30.4 Å². The van der Waals surface area contributed by atoms with E-state index in [4.69, 9.17) is 9.47 Å². The smallest absolute Gasteiger partial charge is 0.305 e. The van der Waals surface area contributed by atoms with Crippen molar-refractivity contribution in [3.05, 3.63) is 119 Å². The minimum atomic E-state index is -0.987. The summed E-state index contributed by atoms with van der Waals surface area (Å²) in [5.41, 5.74) is 5.45. The highest BCUT2D eigenvalue weighted by atomic mass is 16.5. The van der Waals surface area contributed by atoms with Crippen molar-refractivity contribution in [1.82, 2.24) is 10.2 Å². The lowest BCUT2D eigenvalue weighted by molar-refractivity contribution is -0.137. The number of aliphatic carboxylic acids is 1. The monoisotopic (exact) mass is 606 g/mol. The fourth-order valence-electron chi connectivity index (χ4n) is 5.98. The number of carbonyl (C=O) groups is 3. The molecule has 1 atom stereocenters. The molecule has 0 heterocycles. The molecule has 0 bridgehead atoms. The summed E-state index contributed by atoms with van der Waals surface area (Å²) in [5.74, 6) is -0.312. The number of benzene rings is 4. The number of ether oxygens (including phenoxy) is 2. The molecule has 1 aliphatic carbocycles. The number of nitrogens with zero attached hydrogens (tertiary/aromatic N) is 1. The highest BCUT2D eigenvalue weighted by Crippen LogP contribution is 2.32. The molecule has 0 saturated carbocycles. The Kier molecular flexibility index (Phi) is 10.1. The predicted molar refractivity (Wildman–Crippen MR) is 173 cm³/mol. The molecule has 45 heavy (non-hydrogen) atoms. The van der Waals surface area contributed by atoms with Gasteiger partial charge in [0.25, 0.3) is 11.8 Å². The molecule has 4 aromatic carbocycles. The maximum atomic E-state index is 14.1. The lowest BCUT2D eigenvalue weighted by atomic mass is 9.87. The summed E-state index contributed by atoms with van der Waals surface area (Å²) >= 11 is 0. The van der Waals surface area contributed by atoms with Gasteiger partial charge in [-0.2, -0.15) is 0 Å². The third-order valence-electron chi connectivity index (χ3n) is 8.30. The van der Waals surface area contributed by atoms with E-state index >= 15 is 0 Å². The SMILES string of the molecule is COc1ccc(CCN(CCC(=O)O)C(=O)c2ccccc2-c2ccccc2C(=O)NC2CCCc3ccccc32)cc1OC. The van der Waals surface area contributed by atoms with Gasteiger partial charge < -0.3 is 24.8 Å². The van der Waals surface area contributed by atoms with Gasteiger partial charge >= 0.3 is 5.97 Å². The number of fused-ring (bicyclic) bond motifs is 1. The Morgan fingerprint density at radius 2 is 1.49 bits per heavy atom.